The van der Waals surface area contributed by atoms with Gasteiger partial charge >= 0.3 is 0 Å². The first-order valence-corrected chi connectivity index (χ1v) is 9.99. The number of hydrogen-bond acceptors (Lipinski definition) is 2. The predicted molar refractivity (Wildman–Crippen MR) is 120 cm³/mol. The summed E-state index contributed by atoms with van der Waals surface area (Å²) >= 11 is 5.87. The van der Waals surface area contributed by atoms with Crippen molar-refractivity contribution in [3.8, 4) is 0 Å². The number of halogens is 1. The van der Waals surface area contributed by atoms with Crippen LogP contribution in [0.4, 0.5) is 5.69 Å². The van der Waals surface area contributed by atoms with Crippen LogP contribution in [0.5, 0.6) is 0 Å². The molecule has 0 fully saturated rings. The summed E-state index contributed by atoms with van der Waals surface area (Å²) in [6.45, 7) is 0.486. The molecule has 0 aliphatic rings. The van der Waals surface area contributed by atoms with E-state index in [1.54, 1.807) is 48.5 Å². The van der Waals surface area contributed by atoms with Gasteiger partial charge in [0.15, 0.2) is 0 Å². The third kappa shape index (κ3) is 4.36. The minimum atomic E-state index is -0.300. The van der Waals surface area contributed by atoms with E-state index >= 15 is 0 Å². The summed E-state index contributed by atoms with van der Waals surface area (Å²) in [5.41, 5.74) is 3.57. The fourth-order valence-corrected chi connectivity index (χ4v) is 3.46. The molecule has 0 bridgehead atoms. The monoisotopic (exact) mass is 417 g/mol. The lowest BCUT2D eigenvalue weighted by Crippen LogP contribution is -2.27. The molecule has 150 valence electrons. The van der Waals surface area contributed by atoms with E-state index in [1.807, 2.05) is 24.4 Å². The number of H-pyrrole nitrogens is 1. The van der Waals surface area contributed by atoms with Crippen molar-refractivity contribution in [3.05, 3.63) is 101 Å². The summed E-state index contributed by atoms with van der Waals surface area (Å²) in [6, 6.07) is 21.6. The van der Waals surface area contributed by atoms with Crippen molar-refractivity contribution in [3.63, 3.8) is 0 Å². The van der Waals surface area contributed by atoms with E-state index in [4.69, 9.17) is 11.6 Å². The van der Waals surface area contributed by atoms with Crippen molar-refractivity contribution in [1.29, 1.82) is 0 Å². The Hall–Kier alpha value is -3.57. The lowest BCUT2D eigenvalue weighted by molar-refractivity contribution is 0.0955. The van der Waals surface area contributed by atoms with Gasteiger partial charge in [-0.15, -0.1) is 0 Å². The first kappa shape index (κ1) is 19.7. The van der Waals surface area contributed by atoms with E-state index in [0.717, 1.165) is 16.5 Å². The van der Waals surface area contributed by atoms with Crippen LogP contribution in [-0.2, 0) is 6.42 Å². The van der Waals surface area contributed by atoms with Crippen LogP contribution in [0.15, 0.2) is 79.0 Å². The molecule has 4 rings (SSSR count). The molecular weight excluding hydrogens is 398 g/mol. The zero-order valence-corrected chi connectivity index (χ0v) is 16.9. The Morgan fingerprint density at radius 2 is 1.60 bits per heavy atom. The highest BCUT2D eigenvalue weighted by molar-refractivity contribution is 6.30. The number of fused-ring (bicyclic) bond motifs is 1. The average molecular weight is 418 g/mol. The minimum absolute atomic E-state index is 0.234. The van der Waals surface area contributed by atoms with Gasteiger partial charge in [-0.05, 0) is 54.4 Å². The van der Waals surface area contributed by atoms with Crippen LogP contribution in [-0.4, -0.2) is 23.3 Å². The molecule has 2 amide bonds. The third-order valence-corrected chi connectivity index (χ3v) is 5.13. The Morgan fingerprint density at radius 1 is 0.867 bits per heavy atom. The van der Waals surface area contributed by atoms with Crippen LogP contribution in [0.3, 0.4) is 0 Å². The highest BCUT2D eigenvalue weighted by atomic mass is 35.5. The molecule has 1 heterocycles. The van der Waals surface area contributed by atoms with Crippen molar-refractivity contribution in [1.82, 2.24) is 10.3 Å². The van der Waals surface area contributed by atoms with Crippen molar-refractivity contribution in [2.45, 2.75) is 6.42 Å². The van der Waals surface area contributed by atoms with Crippen LogP contribution in [0.25, 0.3) is 10.9 Å². The zero-order valence-electron chi connectivity index (χ0n) is 16.1. The first-order valence-electron chi connectivity index (χ1n) is 9.61. The second kappa shape index (κ2) is 8.84. The summed E-state index contributed by atoms with van der Waals surface area (Å²) in [5.74, 6) is -0.535. The molecule has 0 radical (unpaired) electrons. The molecule has 4 aromatic rings. The van der Waals surface area contributed by atoms with Gasteiger partial charge in [0, 0.05) is 34.2 Å². The summed E-state index contributed by atoms with van der Waals surface area (Å²) in [5, 5.41) is 7.46. The molecule has 0 unspecified atom stereocenters. The SMILES string of the molecule is O=C(Nc1ccccc1C(=O)NCCc1c[nH]c2ccccc12)c1ccc(Cl)cc1. The van der Waals surface area contributed by atoms with Crippen LogP contribution >= 0.6 is 11.6 Å². The van der Waals surface area contributed by atoms with Crippen LogP contribution < -0.4 is 10.6 Å². The largest absolute Gasteiger partial charge is 0.361 e. The topological polar surface area (TPSA) is 74.0 Å². The normalized spacial score (nSPS) is 10.7. The van der Waals surface area contributed by atoms with Gasteiger partial charge in [-0.2, -0.15) is 0 Å². The van der Waals surface area contributed by atoms with Gasteiger partial charge in [0.05, 0.1) is 11.3 Å². The molecule has 30 heavy (non-hydrogen) atoms. The molecule has 0 saturated carbocycles. The number of aromatic nitrogens is 1. The highest BCUT2D eigenvalue weighted by Crippen LogP contribution is 2.19. The van der Waals surface area contributed by atoms with E-state index in [2.05, 4.69) is 21.7 Å². The van der Waals surface area contributed by atoms with Gasteiger partial charge < -0.3 is 15.6 Å². The standard InChI is InChI=1S/C24H20ClN3O2/c25-18-11-9-16(10-12-18)23(29)28-22-8-4-2-6-20(22)24(30)26-14-13-17-15-27-21-7-3-1-5-19(17)21/h1-12,15,27H,13-14H2,(H,26,30)(H,28,29). The molecule has 5 nitrogen and oxygen atoms in total. The number of nitrogens with one attached hydrogen (secondary N) is 3. The number of carbonyl (C=O) groups is 2. The van der Waals surface area contributed by atoms with Crippen LogP contribution in [0.1, 0.15) is 26.3 Å². The molecule has 3 N–H and O–H groups in total. The van der Waals surface area contributed by atoms with Crippen LogP contribution in [0, 0.1) is 0 Å². The Labute approximate surface area is 179 Å². The maximum Gasteiger partial charge on any atom is 0.255 e. The maximum atomic E-state index is 12.7. The fraction of sp³-hybridized carbons (Fsp3) is 0.0833. The second-order valence-corrected chi connectivity index (χ2v) is 7.31. The van der Waals surface area contributed by atoms with Crippen molar-refractivity contribution in [2.24, 2.45) is 0 Å². The van der Waals surface area contributed by atoms with Crippen molar-refractivity contribution in [2.75, 3.05) is 11.9 Å². The predicted octanol–water partition coefficient (Wildman–Crippen LogP) is 5.05. The number of anilines is 1. The molecule has 0 saturated heterocycles. The summed E-state index contributed by atoms with van der Waals surface area (Å²) in [7, 11) is 0. The average Bonchev–Trinajstić information content (AvgIpc) is 3.17. The molecular formula is C24H20ClN3O2. The third-order valence-electron chi connectivity index (χ3n) is 4.88. The lowest BCUT2D eigenvalue weighted by Gasteiger charge is -2.11. The molecule has 3 aromatic carbocycles. The van der Waals surface area contributed by atoms with Crippen molar-refractivity contribution >= 4 is 40.0 Å². The molecule has 6 heteroatoms. The smallest absolute Gasteiger partial charge is 0.255 e. The molecule has 1 aromatic heterocycles. The molecule has 0 aliphatic heterocycles. The van der Waals surface area contributed by atoms with Gasteiger partial charge in [0.2, 0.25) is 0 Å². The number of amides is 2. The van der Waals surface area contributed by atoms with Gasteiger partial charge in [0.1, 0.15) is 0 Å². The Bertz CT molecular complexity index is 1200. The number of hydrogen-bond donors (Lipinski definition) is 3. The fourth-order valence-electron chi connectivity index (χ4n) is 3.33. The van der Waals surface area contributed by atoms with E-state index in [0.29, 0.717) is 34.8 Å². The van der Waals surface area contributed by atoms with Gasteiger partial charge in [-0.3, -0.25) is 9.59 Å². The number of benzene rings is 3. The van der Waals surface area contributed by atoms with Gasteiger partial charge in [0.25, 0.3) is 11.8 Å². The maximum absolute atomic E-state index is 12.7. The van der Waals surface area contributed by atoms with E-state index in [9.17, 15) is 9.59 Å². The van der Waals surface area contributed by atoms with Crippen molar-refractivity contribution < 1.29 is 9.59 Å². The Kier molecular flexibility index (Phi) is 5.82. The first-order chi connectivity index (χ1) is 14.6. The lowest BCUT2D eigenvalue weighted by atomic mass is 10.1. The Morgan fingerprint density at radius 3 is 2.43 bits per heavy atom. The summed E-state index contributed by atoms with van der Waals surface area (Å²) in [4.78, 5) is 28.5. The highest BCUT2D eigenvalue weighted by Gasteiger charge is 2.14. The number of para-hydroxylation sites is 2. The quantitative estimate of drug-likeness (QED) is 0.411. The van der Waals surface area contributed by atoms with Gasteiger partial charge in [-0.1, -0.05) is 41.9 Å². The number of carbonyl (C=O) groups excluding carboxylic acids is 2. The second-order valence-electron chi connectivity index (χ2n) is 6.87. The van der Waals surface area contributed by atoms with E-state index in [1.165, 1.54) is 0 Å². The summed E-state index contributed by atoms with van der Waals surface area (Å²) in [6.07, 6.45) is 2.67. The molecule has 0 aliphatic carbocycles. The van der Waals surface area contributed by atoms with Crippen LogP contribution in [0.2, 0.25) is 5.02 Å². The minimum Gasteiger partial charge on any atom is -0.361 e. The van der Waals surface area contributed by atoms with E-state index < -0.39 is 0 Å². The van der Waals surface area contributed by atoms with Gasteiger partial charge in [-0.25, -0.2) is 0 Å². The number of rotatable bonds is 6. The Balaban J connectivity index is 1.41. The molecule has 0 atom stereocenters. The number of aromatic amines is 1. The summed E-state index contributed by atoms with van der Waals surface area (Å²) < 4.78 is 0. The molecule has 0 spiro atoms. The van der Waals surface area contributed by atoms with E-state index in [-0.39, 0.29) is 11.8 Å². The zero-order chi connectivity index (χ0) is 20.9.